The maximum Gasteiger partial charge on any atom is 0.268 e. The van der Waals surface area contributed by atoms with Crippen LogP contribution in [0, 0.1) is 0 Å². The molecular formula is C13H15BrN4O2. The molecule has 106 valence electrons. The van der Waals surface area contributed by atoms with E-state index in [4.69, 9.17) is 5.73 Å². The van der Waals surface area contributed by atoms with Crippen molar-refractivity contribution in [2.75, 3.05) is 18.0 Å². The highest BCUT2D eigenvalue weighted by Gasteiger charge is 2.25. The maximum absolute atomic E-state index is 11.5. The molecule has 0 radical (unpaired) electrons. The van der Waals surface area contributed by atoms with Gasteiger partial charge in [-0.05, 0) is 34.8 Å². The van der Waals surface area contributed by atoms with E-state index in [2.05, 4.69) is 30.8 Å². The molecule has 2 aromatic rings. The van der Waals surface area contributed by atoms with E-state index in [1.54, 1.807) is 6.20 Å². The quantitative estimate of drug-likeness (QED) is 0.770. The second-order valence-corrected chi connectivity index (χ2v) is 5.76. The van der Waals surface area contributed by atoms with Crippen LogP contribution in [0.2, 0.25) is 0 Å². The maximum atomic E-state index is 11.5. The molecule has 1 saturated heterocycles. The number of halogens is 1. The van der Waals surface area contributed by atoms with Gasteiger partial charge in [0.2, 0.25) is 0 Å². The number of pyridine rings is 1. The van der Waals surface area contributed by atoms with Crippen LogP contribution in [0.25, 0.3) is 11.0 Å². The second kappa shape index (κ2) is 5.06. The number of hydrogen-bond acceptors (Lipinski definition) is 4. The van der Waals surface area contributed by atoms with E-state index in [0.717, 1.165) is 30.5 Å². The average molecular weight is 339 g/mol. The minimum absolute atomic E-state index is 0.204. The molecule has 1 fully saturated rings. The van der Waals surface area contributed by atoms with E-state index in [1.807, 2.05) is 6.07 Å². The number of H-pyrrole nitrogens is 1. The number of aromatic nitrogens is 2. The zero-order valence-corrected chi connectivity index (χ0v) is 12.4. The molecule has 1 aliphatic rings. The fourth-order valence-electron chi connectivity index (χ4n) is 2.67. The predicted octanol–water partition coefficient (Wildman–Crippen LogP) is 1.39. The summed E-state index contributed by atoms with van der Waals surface area (Å²) in [6, 6.07) is 1.91. The number of piperidine rings is 1. The number of primary amides is 1. The van der Waals surface area contributed by atoms with Gasteiger partial charge < -0.3 is 20.7 Å². The Hall–Kier alpha value is -1.60. The van der Waals surface area contributed by atoms with Crippen LogP contribution in [0.15, 0.2) is 16.7 Å². The lowest BCUT2D eigenvalue weighted by atomic mass is 10.1. The summed E-state index contributed by atoms with van der Waals surface area (Å²) in [6.45, 7) is 1.37. The Bertz CT molecular complexity index is 670. The number of carbonyl (C=O) groups is 1. The van der Waals surface area contributed by atoms with Gasteiger partial charge >= 0.3 is 0 Å². The molecule has 0 unspecified atom stereocenters. The van der Waals surface area contributed by atoms with Crippen LogP contribution < -0.4 is 10.6 Å². The fourth-order valence-corrected chi connectivity index (χ4v) is 3.41. The highest BCUT2D eigenvalue weighted by atomic mass is 79.9. The van der Waals surface area contributed by atoms with E-state index < -0.39 is 5.91 Å². The van der Waals surface area contributed by atoms with Crippen LogP contribution in [0.1, 0.15) is 23.3 Å². The molecule has 3 heterocycles. The van der Waals surface area contributed by atoms with Gasteiger partial charge in [0.05, 0.1) is 16.3 Å². The first-order chi connectivity index (χ1) is 9.58. The molecule has 1 aliphatic heterocycles. The number of fused-ring (bicyclic) bond motifs is 1. The lowest BCUT2D eigenvalue weighted by Gasteiger charge is -2.33. The van der Waals surface area contributed by atoms with Gasteiger partial charge in [0.1, 0.15) is 11.3 Å². The first-order valence-electron chi connectivity index (χ1n) is 6.47. The molecule has 2 aromatic heterocycles. The summed E-state index contributed by atoms with van der Waals surface area (Å²) in [5.41, 5.74) is 7.08. The normalized spacial score (nSPS) is 19.5. The average Bonchev–Trinajstić information content (AvgIpc) is 2.85. The highest BCUT2D eigenvalue weighted by molar-refractivity contribution is 9.10. The number of aliphatic hydroxyl groups excluding tert-OH is 1. The van der Waals surface area contributed by atoms with Crippen LogP contribution in [0.5, 0.6) is 0 Å². The van der Waals surface area contributed by atoms with E-state index in [1.165, 1.54) is 0 Å². The Morgan fingerprint density at radius 3 is 3.10 bits per heavy atom. The third kappa shape index (κ3) is 2.16. The minimum Gasteiger partial charge on any atom is -0.391 e. The molecule has 0 saturated carbocycles. The first-order valence-corrected chi connectivity index (χ1v) is 7.26. The van der Waals surface area contributed by atoms with Gasteiger partial charge in [0, 0.05) is 24.7 Å². The smallest absolute Gasteiger partial charge is 0.268 e. The molecule has 7 heteroatoms. The van der Waals surface area contributed by atoms with Crippen molar-refractivity contribution < 1.29 is 9.90 Å². The summed E-state index contributed by atoms with van der Waals surface area (Å²) in [5.74, 6) is -0.577. The Morgan fingerprint density at radius 2 is 2.40 bits per heavy atom. The molecule has 6 nitrogen and oxygen atoms in total. The lowest BCUT2D eigenvalue weighted by Crippen LogP contribution is -2.38. The third-order valence-electron chi connectivity index (χ3n) is 3.57. The first kappa shape index (κ1) is 13.4. The Labute approximate surface area is 124 Å². The van der Waals surface area contributed by atoms with E-state index >= 15 is 0 Å². The van der Waals surface area contributed by atoms with Crippen LogP contribution in [0.3, 0.4) is 0 Å². The van der Waals surface area contributed by atoms with Crippen LogP contribution in [-0.2, 0) is 0 Å². The lowest BCUT2D eigenvalue weighted by molar-refractivity contribution is 0.0995. The molecule has 0 spiro atoms. The van der Waals surface area contributed by atoms with Crippen LogP contribution in [-0.4, -0.2) is 40.2 Å². The number of carbonyl (C=O) groups excluding carboxylic acids is 1. The van der Waals surface area contributed by atoms with Crippen LogP contribution in [0.4, 0.5) is 5.69 Å². The van der Waals surface area contributed by atoms with Gasteiger partial charge in [0.15, 0.2) is 0 Å². The standard InChI is InChI=1S/C13H15BrN4O2/c14-9-10(12(15)20)17-13-8(3-4-16-13)11(9)18-5-1-2-7(19)6-18/h3-4,7,19H,1-2,5-6H2,(H2,15,20)(H,16,17)/t7-/m1/s1. The number of nitrogens with two attached hydrogens (primary N) is 1. The minimum atomic E-state index is -0.577. The van der Waals surface area contributed by atoms with Crippen molar-refractivity contribution in [3.8, 4) is 0 Å². The van der Waals surface area contributed by atoms with Crippen molar-refractivity contribution >= 4 is 38.6 Å². The summed E-state index contributed by atoms with van der Waals surface area (Å²) < 4.78 is 0.589. The van der Waals surface area contributed by atoms with Gasteiger partial charge in [0.25, 0.3) is 5.91 Å². The van der Waals surface area contributed by atoms with Gasteiger partial charge in [-0.15, -0.1) is 0 Å². The summed E-state index contributed by atoms with van der Waals surface area (Å²) in [4.78, 5) is 20.9. The van der Waals surface area contributed by atoms with Crippen molar-refractivity contribution in [3.63, 3.8) is 0 Å². The molecule has 0 bridgehead atoms. The summed E-state index contributed by atoms with van der Waals surface area (Å²) in [6.07, 6.45) is 3.14. The number of hydrogen-bond donors (Lipinski definition) is 3. The van der Waals surface area contributed by atoms with Crippen LogP contribution >= 0.6 is 15.9 Å². The number of amides is 1. The number of rotatable bonds is 2. The zero-order chi connectivity index (χ0) is 14.3. The Kier molecular flexibility index (Phi) is 3.39. The van der Waals surface area contributed by atoms with E-state index in [9.17, 15) is 9.90 Å². The van der Waals surface area contributed by atoms with Crippen molar-refractivity contribution in [1.29, 1.82) is 0 Å². The van der Waals surface area contributed by atoms with Gasteiger partial charge in [-0.2, -0.15) is 0 Å². The molecule has 0 aliphatic carbocycles. The number of aromatic amines is 1. The third-order valence-corrected chi connectivity index (χ3v) is 4.32. The van der Waals surface area contributed by atoms with Gasteiger partial charge in [-0.25, -0.2) is 4.98 Å². The number of anilines is 1. The van der Waals surface area contributed by atoms with Crippen molar-refractivity contribution in [2.45, 2.75) is 18.9 Å². The Balaban J connectivity index is 2.19. The van der Waals surface area contributed by atoms with Gasteiger partial charge in [-0.1, -0.05) is 0 Å². The molecule has 3 rings (SSSR count). The number of aliphatic hydroxyl groups is 1. The largest absolute Gasteiger partial charge is 0.391 e. The molecule has 1 amide bonds. The topological polar surface area (TPSA) is 95.2 Å². The molecular weight excluding hydrogens is 324 g/mol. The number of β-amino-alcohol motifs (C(OH)–C–C–N with tert-alkyl or cyclic N) is 1. The highest BCUT2D eigenvalue weighted by Crippen LogP contribution is 2.36. The van der Waals surface area contributed by atoms with Crippen molar-refractivity contribution in [2.24, 2.45) is 5.73 Å². The second-order valence-electron chi connectivity index (χ2n) is 4.97. The van der Waals surface area contributed by atoms with E-state index in [-0.39, 0.29) is 11.8 Å². The summed E-state index contributed by atoms with van der Waals surface area (Å²) >= 11 is 3.44. The van der Waals surface area contributed by atoms with Crippen molar-refractivity contribution in [1.82, 2.24) is 9.97 Å². The summed E-state index contributed by atoms with van der Waals surface area (Å²) in [7, 11) is 0. The predicted molar refractivity (Wildman–Crippen MR) is 79.8 cm³/mol. The Morgan fingerprint density at radius 1 is 1.60 bits per heavy atom. The van der Waals surface area contributed by atoms with Crippen molar-refractivity contribution in [3.05, 3.63) is 22.4 Å². The SMILES string of the molecule is NC(=O)c1nc2[nH]ccc2c(N2CCC[C@@H](O)C2)c1Br. The number of nitrogens with one attached hydrogen (secondary N) is 1. The zero-order valence-electron chi connectivity index (χ0n) is 10.8. The number of nitrogens with zero attached hydrogens (tertiary/aromatic N) is 2. The summed E-state index contributed by atoms with van der Waals surface area (Å²) in [5, 5.41) is 10.8. The molecule has 4 N–H and O–H groups in total. The van der Waals surface area contributed by atoms with Gasteiger partial charge in [-0.3, -0.25) is 4.79 Å². The molecule has 0 aromatic carbocycles. The fraction of sp³-hybridized carbons (Fsp3) is 0.385. The van der Waals surface area contributed by atoms with E-state index in [0.29, 0.717) is 16.7 Å². The monoisotopic (exact) mass is 338 g/mol. The molecule has 1 atom stereocenters. The molecule has 20 heavy (non-hydrogen) atoms.